The zero-order valence-corrected chi connectivity index (χ0v) is 18.7. The van der Waals surface area contributed by atoms with E-state index in [-0.39, 0.29) is 0 Å². The van der Waals surface area contributed by atoms with Gasteiger partial charge in [-0.05, 0) is 37.1 Å². The highest BCUT2D eigenvalue weighted by atomic mass is 32.2. The number of alkyl halides is 3. The first-order chi connectivity index (χ1) is 15.0. The summed E-state index contributed by atoms with van der Waals surface area (Å²) in [6.45, 7) is 6.21. The van der Waals surface area contributed by atoms with Crippen LogP contribution in [0, 0.1) is 6.92 Å². The highest BCUT2D eigenvalue weighted by Gasteiger charge is 2.38. The van der Waals surface area contributed by atoms with Gasteiger partial charge in [-0.3, -0.25) is 9.69 Å². The molecule has 2 aromatic rings. The van der Waals surface area contributed by atoms with Crippen molar-refractivity contribution in [2.45, 2.75) is 37.5 Å². The summed E-state index contributed by atoms with van der Waals surface area (Å²) in [5, 5.41) is 0. The molecule has 1 saturated heterocycles. The number of hydrogen-bond donors (Lipinski definition) is 1. The molecule has 0 aromatic heterocycles. The van der Waals surface area contributed by atoms with E-state index in [1.807, 2.05) is 25.1 Å². The van der Waals surface area contributed by atoms with Gasteiger partial charge in [-0.25, -0.2) is 8.42 Å². The van der Waals surface area contributed by atoms with Crippen molar-refractivity contribution in [2.24, 2.45) is 0 Å². The van der Waals surface area contributed by atoms with Crippen molar-refractivity contribution >= 4 is 15.9 Å². The summed E-state index contributed by atoms with van der Waals surface area (Å²) in [4.78, 5) is 15.6. The number of carbonyl (C=O) groups excluding carboxylic acids is 1. The first-order valence-corrected chi connectivity index (χ1v) is 11.7. The first kappa shape index (κ1) is 24.2. The molecule has 0 aliphatic carbocycles. The number of rotatable bonds is 6. The van der Waals surface area contributed by atoms with Gasteiger partial charge in [-0.15, -0.1) is 0 Å². The zero-order valence-electron chi connectivity index (χ0n) is 17.9. The topological polar surface area (TPSA) is 69.7 Å². The standard InChI is InChI=1S/C22H26F3N3O3S/c1-16-7-3-4-8-18(16)15-27-11-13-28(14-12-27)21(29)17(2)26-32(30,31)20-10-6-5-9-19(20)22(23,24)25/h3-10,17,26H,11-15H2,1-2H3/t17-/m0/s1. The Hall–Kier alpha value is -2.43. The van der Waals surface area contributed by atoms with Crippen LogP contribution in [-0.4, -0.2) is 56.3 Å². The largest absolute Gasteiger partial charge is 0.417 e. The Morgan fingerprint density at radius 1 is 1.03 bits per heavy atom. The highest BCUT2D eigenvalue weighted by molar-refractivity contribution is 7.89. The van der Waals surface area contributed by atoms with Crippen LogP contribution in [0.3, 0.4) is 0 Å². The number of amides is 1. The summed E-state index contributed by atoms with van der Waals surface area (Å²) in [7, 11) is -4.54. The SMILES string of the molecule is Cc1ccccc1CN1CCN(C(=O)[C@H](C)NS(=O)(=O)c2ccccc2C(F)(F)F)CC1. The van der Waals surface area contributed by atoms with Gasteiger partial charge in [0.25, 0.3) is 0 Å². The molecule has 174 valence electrons. The molecule has 0 saturated carbocycles. The normalized spacial score (nSPS) is 16.7. The van der Waals surface area contributed by atoms with Gasteiger partial charge in [0.15, 0.2) is 0 Å². The minimum atomic E-state index is -4.83. The molecule has 1 atom stereocenters. The van der Waals surface area contributed by atoms with Crippen molar-refractivity contribution in [2.75, 3.05) is 26.2 Å². The van der Waals surface area contributed by atoms with Crippen LogP contribution in [0.25, 0.3) is 0 Å². The number of hydrogen-bond acceptors (Lipinski definition) is 4. The van der Waals surface area contributed by atoms with E-state index in [1.165, 1.54) is 29.0 Å². The Kier molecular flexibility index (Phi) is 7.26. The van der Waals surface area contributed by atoms with Gasteiger partial charge in [0.1, 0.15) is 0 Å². The van der Waals surface area contributed by atoms with Crippen LogP contribution < -0.4 is 4.72 Å². The molecule has 3 rings (SSSR count). The van der Waals surface area contributed by atoms with E-state index in [0.717, 1.165) is 18.7 Å². The van der Waals surface area contributed by atoms with Gasteiger partial charge in [0.2, 0.25) is 15.9 Å². The maximum absolute atomic E-state index is 13.2. The summed E-state index contributed by atoms with van der Waals surface area (Å²) in [6, 6.07) is 10.8. The van der Waals surface area contributed by atoms with E-state index in [4.69, 9.17) is 0 Å². The summed E-state index contributed by atoms with van der Waals surface area (Å²) >= 11 is 0. The molecule has 6 nitrogen and oxygen atoms in total. The van der Waals surface area contributed by atoms with Crippen molar-refractivity contribution in [3.05, 3.63) is 65.2 Å². The Morgan fingerprint density at radius 2 is 1.62 bits per heavy atom. The summed E-state index contributed by atoms with van der Waals surface area (Å²) < 4.78 is 66.9. The van der Waals surface area contributed by atoms with E-state index in [1.54, 1.807) is 0 Å². The molecule has 1 aliphatic rings. The zero-order chi connectivity index (χ0) is 23.5. The number of sulfonamides is 1. The van der Waals surface area contributed by atoms with E-state index in [9.17, 15) is 26.4 Å². The summed E-state index contributed by atoms with van der Waals surface area (Å²) in [6.07, 6.45) is -4.83. The summed E-state index contributed by atoms with van der Waals surface area (Å²) in [5.41, 5.74) is 1.13. The number of benzene rings is 2. The minimum absolute atomic E-state index is 0.413. The molecule has 2 aromatic carbocycles. The Morgan fingerprint density at radius 3 is 2.25 bits per heavy atom. The van der Waals surface area contributed by atoms with Gasteiger partial charge in [0, 0.05) is 32.7 Å². The number of halogens is 3. The predicted molar refractivity (Wildman–Crippen MR) is 114 cm³/mol. The predicted octanol–water partition coefficient (Wildman–Crippen LogP) is 3.03. The molecule has 0 spiro atoms. The average Bonchev–Trinajstić information content (AvgIpc) is 2.74. The number of aryl methyl sites for hydroxylation is 1. The number of nitrogens with zero attached hydrogens (tertiary/aromatic N) is 2. The lowest BCUT2D eigenvalue weighted by molar-refractivity contribution is -0.139. The molecular formula is C22H26F3N3O3S. The van der Waals surface area contributed by atoms with Crippen molar-refractivity contribution < 1.29 is 26.4 Å². The minimum Gasteiger partial charge on any atom is -0.339 e. The van der Waals surface area contributed by atoms with Crippen molar-refractivity contribution in [3.8, 4) is 0 Å². The lowest BCUT2D eigenvalue weighted by atomic mass is 10.1. The third-order valence-corrected chi connectivity index (χ3v) is 7.12. The fourth-order valence-electron chi connectivity index (χ4n) is 3.71. The second-order valence-corrected chi connectivity index (χ2v) is 9.55. The van der Waals surface area contributed by atoms with E-state index in [2.05, 4.69) is 15.7 Å². The maximum atomic E-state index is 13.2. The van der Waals surface area contributed by atoms with Gasteiger partial charge in [-0.2, -0.15) is 17.9 Å². The van der Waals surface area contributed by atoms with Crippen molar-refractivity contribution in [1.82, 2.24) is 14.5 Å². The number of carbonyl (C=O) groups is 1. The van der Waals surface area contributed by atoms with E-state index < -0.39 is 38.6 Å². The first-order valence-electron chi connectivity index (χ1n) is 10.2. The van der Waals surface area contributed by atoms with Crippen LogP contribution in [0.4, 0.5) is 13.2 Å². The molecule has 0 bridgehead atoms. The second-order valence-electron chi connectivity index (χ2n) is 7.86. The quantitative estimate of drug-likeness (QED) is 0.706. The molecule has 0 radical (unpaired) electrons. The molecular weight excluding hydrogens is 443 g/mol. The van der Waals surface area contributed by atoms with Crippen LogP contribution >= 0.6 is 0 Å². The van der Waals surface area contributed by atoms with Crippen molar-refractivity contribution in [1.29, 1.82) is 0 Å². The van der Waals surface area contributed by atoms with Crippen molar-refractivity contribution in [3.63, 3.8) is 0 Å². The second kappa shape index (κ2) is 9.60. The van der Waals surface area contributed by atoms with E-state index in [0.29, 0.717) is 32.2 Å². The fourth-order valence-corrected chi connectivity index (χ4v) is 5.13. The lowest BCUT2D eigenvalue weighted by Crippen LogP contribution is -2.53. The molecule has 10 heteroatoms. The molecule has 1 amide bonds. The third kappa shape index (κ3) is 5.67. The van der Waals surface area contributed by atoms with Crippen LogP contribution in [0.2, 0.25) is 0 Å². The van der Waals surface area contributed by atoms with Crippen LogP contribution in [-0.2, 0) is 27.5 Å². The van der Waals surface area contributed by atoms with Gasteiger partial charge < -0.3 is 4.90 Å². The Balaban J connectivity index is 1.61. The Labute approximate surface area is 186 Å². The van der Waals surface area contributed by atoms with Gasteiger partial charge in [0.05, 0.1) is 16.5 Å². The average molecular weight is 470 g/mol. The summed E-state index contributed by atoms with van der Waals surface area (Å²) in [5.74, 6) is -0.464. The van der Waals surface area contributed by atoms with Crippen LogP contribution in [0.5, 0.6) is 0 Å². The Bertz CT molecular complexity index is 1070. The lowest BCUT2D eigenvalue weighted by Gasteiger charge is -2.36. The van der Waals surface area contributed by atoms with Crippen LogP contribution in [0.1, 0.15) is 23.6 Å². The fraction of sp³-hybridized carbons (Fsp3) is 0.409. The molecule has 0 unspecified atom stereocenters. The molecule has 1 heterocycles. The highest BCUT2D eigenvalue weighted by Crippen LogP contribution is 2.34. The molecule has 1 aliphatic heterocycles. The van der Waals surface area contributed by atoms with E-state index >= 15 is 0 Å². The number of piperazine rings is 1. The molecule has 32 heavy (non-hydrogen) atoms. The van der Waals surface area contributed by atoms with Gasteiger partial charge >= 0.3 is 6.18 Å². The molecule has 1 fully saturated rings. The maximum Gasteiger partial charge on any atom is 0.417 e. The number of nitrogens with one attached hydrogen (secondary N) is 1. The monoisotopic (exact) mass is 469 g/mol. The third-order valence-electron chi connectivity index (χ3n) is 5.52. The van der Waals surface area contributed by atoms with Gasteiger partial charge in [-0.1, -0.05) is 36.4 Å². The smallest absolute Gasteiger partial charge is 0.339 e. The van der Waals surface area contributed by atoms with Crippen LogP contribution in [0.15, 0.2) is 53.4 Å². The molecule has 1 N–H and O–H groups in total.